The van der Waals surface area contributed by atoms with Crippen LogP contribution < -0.4 is 5.73 Å². The smallest absolute Gasteiger partial charge is 0.433 e. The molecule has 0 amide bonds. The van der Waals surface area contributed by atoms with Crippen molar-refractivity contribution >= 4 is 40.2 Å². The standard InChI is InChI=1S/C11H8ClNO2S.C7H4F3NO/c12-7-3-1-6(2-4-7)8-5-16-10(13)9(8)11(14)15;8-7(9,10)6-2-1-5(4-12)3-11-6/h1-5H,13H2,(H,14,15);1-4H. The zero-order valence-electron chi connectivity index (χ0n) is 13.9. The van der Waals surface area contributed by atoms with Crippen LogP contribution in [0.2, 0.25) is 5.02 Å². The van der Waals surface area contributed by atoms with E-state index in [1.54, 1.807) is 29.6 Å². The largest absolute Gasteiger partial charge is 0.478 e. The first kappa shape index (κ1) is 21.4. The van der Waals surface area contributed by atoms with Gasteiger partial charge in [-0.2, -0.15) is 13.2 Å². The topological polar surface area (TPSA) is 93.3 Å². The summed E-state index contributed by atoms with van der Waals surface area (Å²) in [5.41, 5.74) is 6.35. The van der Waals surface area contributed by atoms with Crippen LogP contribution in [0.4, 0.5) is 18.2 Å². The van der Waals surface area contributed by atoms with Gasteiger partial charge in [0.15, 0.2) is 6.29 Å². The number of aromatic nitrogens is 1. The van der Waals surface area contributed by atoms with Gasteiger partial charge in [-0.1, -0.05) is 23.7 Å². The molecule has 0 saturated carbocycles. The molecule has 0 bridgehead atoms. The van der Waals surface area contributed by atoms with Crippen LogP contribution >= 0.6 is 22.9 Å². The van der Waals surface area contributed by atoms with Gasteiger partial charge < -0.3 is 10.8 Å². The number of alkyl halides is 3. The van der Waals surface area contributed by atoms with Crippen LogP contribution in [0.3, 0.4) is 0 Å². The number of carbonyl (C=O) groups excluding carboxylic acids is 1. The van der Waals surface area contributed by atoms with E-state index >= 15 is 0 Å². The lowest BCUT2D eigenvalue weighted by Gasteiger charge is -2.03. The van der Waals surface area contributed by atoms with Crippen molar-refractivity contribution in [2.75, 3.05) is 5.73 Å². The minimum absolute atomic E-state index is 0.128. The summed E-state index contributed by atoms with van der Waals surface area (Å²) in [6.45, 7) is 0. The van der Waals surface area contributed by atoms with Crippen LogP contribution in [0.1, 0.15) is 26.4 Å². The van der Waals surface area contributed by atoms with Crippen molar-refractivity contribution in [2.24, 2.45) is 0 Å². The molecule has 0 aliphatic carbocycles. The maximum absolute atomic E-state index is 11.9. The van der Waals surface area contributed by atoms with Gasteiger partial charge in [0, 0.05) is 27.7 Å². The first-order valence-corrected chi connectivity index (χ1v) is 8.74. The normalized spacial score (nSPS) is 10.7. The molecule has 0 saturated heterocycles. The molecule has 0 atom stereocenters. The molecule has 0 fully saturated rings. The summed E-state index contributed by atoms with van der Waals surface area (Å²) in [4.78, 5) is 24.2. The molecule has 0 radical (unpaired) electrons. The van der Waals surface area contributed by atoms with Crippen LogP contribution in [-0.4, -0.2) is 22.3 Å². The molecule has 0 aliphatic rings. The van der Waals surface area contributed by atoms with Crippen LogP contribution in [0.5, 0.6) is 0 Å². The van der Waals surface area contributed by atoms with Crippen molar-refractivity contribution < 1.29 is 27.9 Å². The van der Waals surface area contributed by atoms with E-state index in [2.05, 4.69) is 4.98 Å². The fraction of sp³-hybridized carbons (Fsp3) is 0.0556. The van der Waals surface area contributed by atoms with Crippen LogP contribution in [0.15, 0.2) is 48.0 Å². The summed E-state index contributed by atoms with van der Waals surface area (Å²) in [6, 6.07) is 8.83. The molecule has 0 unspecified atom stereocenters. The molecular weight excluding hydrogens is 417 g/mol. The molecule has 146 valence electrons. The maximum atomic E-state index is 11.9. The highest BCUT2D eigenvalue weighted by molar-refractivity contribution is 7.14. The minimum Gasteiger partial charge on any atom is -0.478 e. The molecule has 2 aromatic heterocycles. The third-order valence-electron chi connectivity index (χ3n) is 3.40. The molecule has 5 nitrogen and oxygen atoms in total. The fourth-order valence-electron chi connectivity index (χ4n) is 2.08. The van der Waals surface area contributed by atoms with Crippen LogP contribution in [-0.2, 0) is 6.18 Å². The first-order valence-electron chi connectivity index (χ1n) is 7.48. The molecule has 1 aromatic carbocycles. The number of thiophene rings is 1. The SMILES string of the molecule is Nc1scc(-c2ccc(Cl)cc2)c1C(=O)O.O=Cc1ccc(C(F)(F)F)nc1. The van der Waals surface area contributed by atoms with E-state index in [0.29, 0.717) is 21.9 Å². The zero-order valence-corrected chi connectivity index (χ0v) is 15.5. The second kappa shape index (κ2) is 8.85. The number of nitrogens with zero attached hydrogens (tertiary/aromatic N) is 1. The number of carbonyl (C=O) groups is 2. The lowest BCUT2D eigenvalue weighted by molar-refractivity contribution is -0.141. The molecule has 0 spiro atoms. The summed E-state index contributed by atoms with van der Waals surface area (Å²) in [6.07, 6.45) is -3.12. The predicted octanol–water partition coefficient (Wildman–Crippen LogP) is 5.26. The van der Waals surface area contributed by atoms with E-state index in [4.69, 9.17) is 22.4 Å². The Morgan fingerprint density at radius 1 is 1.18 bits per heavy atom. The van der Waals surface area contributed by atoms with Crippen molar-refractivity contribution in [3.8, 4) is 11.1 Å². The Hall–Kier alpha value is -2.91. The quantitative estimate of drug-likeness (QED) is 0.555. The van der Waals surface area contributed by atoms with Crippen molar-refractivity contribution in [2.45, 2.75) is 6.18 Å². The summed E-state index contributed by atoms with van der Waals surface area (Å²) in [5, 5.41) is 11.7. The van der Waals surface area contributed by atoms with E-state index in [1.807, 2.05) is 0 Å². The second-order valence-corrected chi connectivity index (χ2v) is 6.64. The van der Waals surface area contributed by atoms with Gasteiger partial charge in [-0.3, -0.25) is 9.78 Å². The number of carboxylic acids is 1. The second-order valence-electron chi connectivity index (χ2n) is 5.29. The lowest BCUT2D eigenvalue weighted by atomic mass is 10.0. The summed E-state index contributed by atoms with van der Waals surface area (Å²) >= 11 is 6.99. The van der Waals surface area contributed by atoms with Gasteiger partial charge in [0.05, 0.1) is 0 Å². The Balaban J connectivity index is 0.000000209. The minimum atomic E-state index is -4.44. The fourth-order valence-corrected chi connectivity index (χ4v) is 3.02. The van der Waals surface area contributed by atoms with Gasteiger partial charge in [-0.25, -0.2) is 4.79 Å². The van der Waals surface area contributed by atoms with Gasteiger partial charge in [0.25, 0.3) is 0 Å². The van der Waals surface area contributed by atoms with Crippen molar-refractivity contribution in [3.05, 3.63) is 69.8 Å². The number of pyridine rings is 1. The van der Waals surface area contributed by atoms with Gasteiger partial charge in [-0.05, 0) is 29.8 Å². The number of hydrogen-bond donors (Lipinski definition) is 2. The van der Waals surface area contributed by atoms with E-state index in [9.17, 15) is 22.8 Å². The lowest BCUT2D eigenvalue weighted by Crippen LogP contribution is -2.07. The number of aldehydes is 1. The highest BCUT2D eigenvalue weighted by Crippen LogP contribution is 2.34. The van der Waals surface area contributed by atoms with Gasteiger partial charge in [-0.15, -0.1) is 11.3 Å². The van der Waals surface area contributed by atoms with E-state index in [-0.39, 0.29) is 11.1 Å². The summed E-state index contributed by atoms with van der Waals surface area (Å²) in [5.74, 6) is -1.01. The first-order chi connectivity index (χ1) is 13.1. The molecule has 28 heavy (non-hydrogen) atoms. The molecule has 2 heterocycles. The third-order valence-corrected chi connectivity index (χ3v) is 4.47. The van der Waals surface area contributed by atoms with E-state index < -0.39 is 17.8 Å². The number of benzene rings is 1. The third kappa shape index (κ3) is 5.30. The van der Waals surface area contributed by atoms with Crippen LogP contribution in [0.25, 0.3) is 11.1 Å². The summed E-state index contributed by atoms with van der Waals surface area (Å²) in [7, 11) is 0. The van der Waals surface area contributed by atoms with Crippen molar-refractivity contribution in [1.29, 1.82) is 0 Å². The zero-order chi connectivity index (χ0) is 20.9. The maximum Gasteiger partial charge on any atom is 0.433 e. The number of carboxylic acid groups (broad SMARTS) is 1. The number of aromatic carboxylic acids is 1. The Morgan fingerprint density at radius 2 is 1.82 bits per heavy atom. The monoisotopic (exact) mass is 428 g/mol. The van der Waals surface area contributed by atoms with Gasteiger partial charge in [0.2, 0.25) is 0 Å². The molecule has 0 aliphatic heterocycles. The van der Waals surface area contributed by atoms with Crippen LogP contribution in [0, 0.1) is 0 Å². The number of halogens is 4. The van der Waals surface area contributed by atoms with Gasteiger partial charge in [0.1, 0.15) is 16.3 Å². The highest BCUT2D eigenvalue weighted by Gasteiger charge is 2.31. The molecule has 10 heteroatoms. The van der Waals surface area contributed by atoms with Gasteiger partial charge >= 0.3 is 12.1 Å². The summed E-state index contributed by atoms with van der Waals surface area (Å²) < 4.78 is 35.6. The Bertz CT molecular complexity index is 971. The Morgan fingerprint density at radius 3 is 2.29 bits per heavy atom. The highest BCUT2D eigenvalue weighted by atomic mass is 35.5. The number of anilines is 1. The number of nitrogen functional groups attached to an aromatic ring is 1. The average molecular weight is 429 g/mol. The Kier molecular flexibility index (Phi) is 6.76. The molecule has 3 aromatic rings. The number of hydrogen-bond acceptors (Lipinski definition) is 5. The number of nitrogens with two attached hydrogens (primary N) is 1. The molecular formula is C18H12ClF3N2O3S. The Labute approximate surface area is 166 Å². The average Bonchev–Trinajstić information content (AvgIpc) is 3.04. The number of rotatable bonds is 3. The van der Waals surface area contributed by atoms with E-state index in [0.717, 1.165) is 23.9 Å². The van der Waals surface area contributed by atoms with Crippen molar-refractivity contribution in [1.82, 2.24) is 4.98 Å². The predicted molar refractivity (Wildman–Crippen MR) is 101 cm³/mol. The van der Waals surface area contributed by atoms with Crippen molar-refractivity contribution in [3.63, 3.8) is 0 Å². The van der Waals surface area contributed by atoms with E-state index in [1.165, 1.54) is 11.3 Å². The molecule has 3 rings (SSSR count). The molecule has 3 N–H and O–H groups in total.